The monoisotopic (exact) mass is 366 g/mol. The van der Waals surface area contributed by atoms with Gasteiger partial charge in [-0.25, -0.2) is 9.69 Å². The van der Waals surface area contributed by atoms with E-state index in [1.165, 1.54) is 5.56 Å². The molecule has 1 atom stereocenters. The lowest BCUT2D eigenvalue weighted by molar-refractivity contribution is 0.316. The Bertz CT molecular complexity index is 974. The van der Waals surface area contributed by atoms with Gasteiger partial charge in [-0.05, 0) is 50.3 Å². The van der Waals surface area contributed by atoms with E-state index in [2.05, 4.69) is 22.3 Å². The molecule has 0 saturated heterocycles. The first-order valence-electron chi connectivity index (χ1n) is 8.24. The Labute approximate surface area is 156 Å². The molecule has 0 unspecified atom stereocenters. The zero-order chi connectivity index (χ0) is 18.3. The van der Waals surface area contributed by atoms with Crippen molar-refractivity contribution in [3.8, 4) is 5.69 Å². The molecule has 1 aromatic carbocycles. The maximum absolute atomic E-state index is 5.85. The zero-order valence-corrected chi connectivity index (χ0v) is 15.3. The third kappa shape index (κ3) is 2.78. The van der Waals surface area contributed by atoms with Crippen molar-refractivity contribution in [3.63, 3.8) is 0 Å². The molecule has 0 radical (unpaired) electrons. The number of thiocarbonyl (C=S) groups is 1. The van der Waals surface area contributed by atoms with Crippen molar-refractivity contribution < 1.29 is 4.42 Å². The minimum atomic E-state index is -0.165. The summed E-state index contributed by atoms with van der Waals surface area (Å²) in [5.74, 6) is 0.764. The van der Waals surface area contributed by atoms with E-state index in [-0.39, 0.29) is 11.2 Å². The number of nitrogens with zero attached hydrogens (tertiary/aromatic N) is 5. The third-order valence-corrected chi connectivity index (χ3v) is 4.64. The van der Waals surface area contributed by atoms with Crippen LogP contribution < -0.4 is 5.73 Å². The van der Waals surface area contributed by atoms with Crippen LogP contribution in [0, 0.1) is 13.8 Å². The van der Waals surface area contributed by atoms with Crippen LogP contribution in [-0.4, -0.2) is 30.8 Å². The van der Waals surface area contributed by atoms with Crippen LogP contribution in [0.4, 0.5) is 0 Å². The van der Waals surface area contributed by atoms with Crippen LogP contribution >= 0.6 is 12.2 Å². The smallest absolute Gasteiger partial charge is 0.187 e. The zero-order valence-electron chi connectivity index (χ0n) is 14.5. The minimum Gasteiger partial charge on any atom is -0.467 e. The minimum absolute atomic E-state index is 0.165. The molecule has 8 heteroatoms. The Morgan fingerprint density at radius 3 is 2.65 bits per heavy atom. The number of hydrazone groups is 1. The van der Waals surface area contributed by atoms with Gasteiger partial charge in [-0.3, -0.25) is 0 Å². The van der Waals surface area contributed by atoms with Crippen molar-refractivity contribution in [2.75, 3.05) is 0 Å². The first-order chi connectivity index (χ1) is 12.5. The molecule has 4 rings (SSSR count). The van der Waals surface area contributed by atoms with Gasteiger partial charge in [0.05, 0.1) is 23.4 Å². The molecule has 0 saturated carbocycles. The van der Waals surface area contributed by atoms with E-state index >= 15 is 0 Å². The first kappa shape index (κ1) is 16.5. The SMILES string of the molecule is Cc1ccc(-n2nnc(C3=NN(C(N)=S)[C@@H](c4ccco4)C3)c2C)cc1. The second-order valence-electron chi connectivity index (χ2n) is 6.24. The lowest BCUT2D eigenvalue weighted by Crippen LogP contribution is -2.31. The number of aromatic nitrogens is 3. The van der Waals surface area contributed by atoms with Gasteiger partial charge in [0.2, 0.25) is 0 Å². The van der Waals surface area contributed by atoms with Gasteiger partial charge in [0.25, 0.3) is 0 Å². The molecule has 0 spiro atoms. The fraction of sp³-hybridized carbons (Fsp3) is 0.222. The quantitative estimate of drug-likeness (QED) is 0.718. The lowest BCUT2D eigenvalue weighted by atomic mass is 10.1. The van der Waals surface area contributed by atoms with Crippen LogP contribution in [0.5, 0.6) is 0 Å². The van der Waals surface area contributed by atoms with Crippen molar-refractivity contribution >= 4 is 23.0 Å². The highest BCUT2D eigenvalue weighted by Gasteiger charge is 2.34. The normalized spacial score (nSPS) is 16.8. The number of furan rings is 1. The van der Waals surface area contributed by atoms with Gasteiger partial charge in [-0.15, -0.1) is 5.10 Å². The molecular formula is C18H18N6OS. The van der Waals surface area contributed by atoms with Crippen LogP contribution in [0.3, 0.4) is 0 Å². The van der Waals surface area contributed by atoms with Gasteiger partial charge >= 0.3 is 0 Å². The lowest BCUT2D eigenvalue weighted by Gasteiger charge is -2.19. The molecule has 3 heterocycles. The summed E-state index contributed by atoms with van der Waals surface area (Å²) in [6.07, 6.45) is 2.22. The van der Waals surface area contributed by atoms with Crippen molar-refractivity contribution in [2.24, 2.45) is 10.8 Å². The molecule has 0 aliphatic carbocycles. The molecule has 0 amide bonds. The highest BCUT2D eigenvalue weighted by Crippen LogP contribution is 2.33. The Morgan fingerprint density at radius 2 is 2.00 bits per heavy atom. The summed E-state index contributed by atoms with van der Waals surface area (Å²) in [5, 5.41) is 15.0. The molecular weight excluding hydrogens is 348 g/mol. The first-order valence-corrected chi connectivity index (χ1v) is 8.64. The number of hydrogen-bond acceptors (Lipinski definition) is 5. The predicted molar refractivity (Wildman–Crippen MR) is 102 cm³/mol. The van der Waals surface area contributed by atoms with Crippen molar-refractivity contribution in [2.45, 2.75) is 26.3 Å². The predicted octanol–water partition coefficient (Wildman–Crippen LogP) is 2.87. The molecule has 1 aliphatic rings. The molecule has 2 N–H and O–H groups in total. The van der Waals surface area contributed by atoms with Gasteiger partial charge in [-0.2, -0.15) is 5.10 Å². The maximum Gasteiger partial charge on any atom is 0.187 e. The van der Waals surface area contributed by atoms with Gasteiger partial charge in [0.15, 0.2) is 5.11 Å². The Kier molecular flexibility index (Phi) is 4.04. The highest BCUT2D eigenvalue weighted by atomic mass is 32.1. The fourth-order valence-electron chi connectivity index (χ4n) is 3.09. The number of rotatable bonds is 3. The van der Waals surface area contributed by atoms with Crippen LogP contribution in [0.15, 0.2) is 52.2 Å². The molecule has 3 aromatic rings. The summed E-state index contributed by atoms with van der Waals surface area (Å²) < 4.78 is 7.33. The number of aryl methyl sites for hydroxylation is 1. The summed E-state index contributed by atoms with van der Waals surface area (Å²) in [4.78, 5) is 0. The topological polar surface area (TPSA) is 85.5 Å². The Hall–Kier alpha value is -3.00. The van der Waals surface area contributed by atoms with E-state index in [1.807, 2.05) is 48.0 Å². The van der Waals surface area contributed by atoms with Gasteiger partial charge in [-0.1, -0.05) is 22.9 Å². The van der Waals surface area contributed by atoms with E-state index in [0.717, 1.165) is 28.5 Å². The fourth-order valence-corrected chi connectivity index (χ4v) is 3.25. The number of hydrogen-bond donors (Lipinski definition) is 1. The Balaban J connectivity index is 1.69. The Morgan fingerprint density at radius 1 is 1.23 bits per heavy atom. The van der Waals surface area contributed by atoms with Crippen LogP contribution in [0.1, 0.15) is 35.2 Å². The summed E-state index contributed by atoms with van der Waals surface area (Å²) in [7, 11) is 0. The molecule has 26 heavy (non-hydrogen) atoms. The third-order valence-electron chi connectivity index (χ3n) is 4.45. The molecule has 0 bridgehead atoms. The van der Waals surface area contributed by atoms with Gasteiger partial charge in [0.1, 0.15) is 17.5 Å². The van der Waals surface area contributed by atoms with E-state index in [1.54, 1.807) is 11.3 Å². The van der Waals surface area contributed by atoms with Crippen molar-refractivity contribution in [3.05, 3.63) is 65.4 Å². The van der Waals surface area contributed by atoms with Gasteiger partial charge < -0.3 is 10.2 Å². The van der Waals surface area contributed by atoms with Crippen molar-refractivity contribution in [1.82, 2.24) is 20.0 Å². The van der Waals surface area contributed by atoms with Crippen LogP contribution in [-0.2, 0) is 0 Å². The van der Waals surface area contributed by atoms with Gasteiger partial charge in [0, 0.05) is 6.42 Å². The molecule has 1 aliphatic heterocycles. The average molecular weight is 366 g/mol. The number of benzene rings is 1. The van der Waals surface area contributed by atoms with E-state index in [4.69, 9.17) is 22.4 Å². The summed E-state index contributed by atoms with van der Waals surface area (Å²) in [6.45, 7) is 4.03. The largest absolute Gasteiger partial charge is 0.467 e. The summed E-state index contributed by atoms with van der Waals surface area (Å²) in [5.41, 5.74) is 10.4. The highest BCUT2D eigenvalue weighted by molar-refractivity contribution is 7.80. The van der Waals surface area contributed by atoms with E-state index in [0.29, 0.717) is 6.42 Å². The van der Waals surface area contributed by atoms with Crippen LogP contribution in [0.2, 0.25) is 0 Å². The van der Waals surface area contributed by atoms with Crippen molar-refractivity contribution in [1.29, 1.82) is 0 Å². The average Bonchev–Trinajstić information content (AvgIpc) is 3.34. The number of nitrogens with two attached hydrogens (primary N) is 1. The van der Waals surface area contributed by atoms with Crippen LogP contribution in [0.25, 0.3) is 5.69 Å². The second kappa shape index (κ2) is 6.38. The maximum atomic E-state index is 5.85. The molecule has 7 nitrogen and oxygen atoms in total. The van der Waals surface area contributed by atoms with E-state index in [9.17, 15) is 0 Å². The standard InChI is InChI=1S/C18H18N6OS/c1-11-5-7-13(8-6-11)23-12(2)17(20-22-23)14-10-15(16-4-3-9-25-16)24(21-14)18(19)26/h3-9,15H,10H2,1-2H3,(H2,19,26)/t15-/m1/s1. The molecule has 132 valence electrons. The molecule has 0 fully saturated rings. The molecule has 2 aromatic heterocycles. The second-order valence-corrected chi connectivity index (χ2v) is 6.65. The summed E-state index contributed by atoms with van der Waals surface area (Å²) >= 11 is 5.15. The van der Waals surface area contributed by atoms with E-state index < -0.39 is 0 Å². The summed E-state index contributed by atoms with van der Waals surface area (Å²) in [6, 6.07) is 11.7.